The van der Waals surface area contributed by atoms with Gasteiger partial charge in [-0.1, -0.05) is 11.6 Å². The van der Waals surface area contributed by atoms with E-state index < -0.39 is 11.9 Å². The van der Waals surface area contributed by atoms with Crippen molar-refractivity contribution in [2.24, 2.45) is 0 Å². The molecule has 152 valence electrons. The third kappa shape index (κ3) is 7.06. The van der Waals surface area contributed by atoms with Crippen LogP contribution in [0.5, 0.6) is 5.75 Å². The highest BCUT2D eigenvalue weighted by Gasteiger charge is 2.12. The number of rotatable bonds is 10. The monoisotopic (exact) mass is 429 g/mol. The Morgan fingerprint density at radius 3 is 2.68 bits per heavy atom. The summed E-state index contributed by atoms with van der Waals surface area (Å²) in [7, 11) is 0. The van der Waals surface area contributed by atoms with E-state index in [1.165, 1.54) is 18.3 Å². The van der Waals surface area contributed by atoms with Gasteiger partial charge in [0.2, 0.25) is 0 Å². The van der Waals surface area contributed by atoms with E-state index in [0.717, 1.165) is 17.4 Å². The number of unbranched alkanes of at least 4 members (excludes halogenated alkanes) is 1. The summed E-state index contributed by atoms with van der Waals surface area (Å²) in [5.74, 6) is -0.949. The lowest BCUT2D eigenvalue weighted by molar-refractivity contribution is -0.123. The quantitative estimate of drug-likeness (QED) is 0.504. The van der Waals surface area contributed by atoms with Crippen molar-refractivity contribution in [1.82, 2.24) is 15.6 Å². The van der Waals surface area contributed by atoms with Gasteiger partial charge in [0.25, 0.3) is 11.8 Å². The van der Waals surface area contributed by atoms with Crippen molar-refractivity contribution in [3.05, 3.63) is 45.1 Å². The van der Waals surface area contributed by atoms with Crippen molar-refractivity contribution < 1.29 is 23.8 Å². The third-order valence-corrected chi connectivity index (χ3v) is 5.05. The van der Waals surface area contributed by atoms with Crippen molar-refractivity contribution >= 4 is 34.8 Å². The van der Waals surface area contributed by atoms with Crippen molar-refractivity contribution in [1.29, 1.82) is 0 Å². The standard InChI is InChI=1S/C18H21ClFN3O4S/c1-11(24)18-23-9-15(28-18)17(26)22-7-3-2-6-21-16(25)10-27-12-4-5-13(19)14(20)8-12/h4-5,8-9,11,24H,2-3,6-7,10H2,1H3,(H,21,25)(H,22,26). The molecule has 0 aliphatic heterocycles. The van der Waals surface area contributed by atoms with Gasteiger partial charge in [-0.15, -0.1) is 11.3 Å². The summed E-state index contributed by atoms with van der Waals surface area (Å²) in [6.07, 6.45) is 2.09. The van der Waals surface area contributed by atoms with E-state index in [-0.39, 0.29) is 29.2 Å². The molecule has 1 aromatic carbocycles. The number of carbonyl (C=O) groups is 2. The number of aliphatic hydroxyl groups is 1. The summed E-state index contributed by atoms with van der Waals surface area (Å²) >= 11 is 6.72. The molecule has 7 nitrogen and oxygen atoms in total. The number of nitrogens with zero attached hydrogens (tertiary/aromatic N) is 1. The lowest BCUT2D eigenvalue weighted by atomic mass is 10.3. The molecule has 3 N–H and O–H groups in total. The van der Waals surface area contributed by atoms with Gasteiger partial charge >= 0.3 is 0 Å². The molecule has 0 spiro atoms. The molecule has 0 fully saturated rings. The summed E-state index contributed by atoms with van der Waals surface area (Å²) in [5, 5.41) is 15.3. The number of aliphatic hydroxyl groups excluding tert-OH is 1. The van der Waals surface area contributed by atoms with Gasteiger partial charge in [-0.3, -0.25) is 9.59 Å². The molecule has 0 saturated heterocycles. The Kier molecular flexibility index (Phi) is 8.62. The van der Waals surface area contributed by atoms with Crippen molar-refractivity contribution in [2.45, 2.75) is 25.9 Å². The molecule has 0 bridgehead atoms. The maximum Gasteiger partial charge on any atom is 0.263 e. The third-order valence-electron chi connectivity index (χ3n) is 3.58. The fraction of sp³-hybridized carbons (Fsp3) is 0.389. The molecule has 2 aromatic rings. The van der Waals surface area contributed by atoms with Crippen LogP contribution in [0.2, 0.25) is 5.02 Å². The molecule has 0 saturated carbocycles. The SMILES string of the molecule is CC(O)c1ncc(C(=O)NCCCCNC(=O)COc2ccc(Cl)c(F)c2)s1. The molecule has 0 aliphatic rings. The van der Waals surface area contributed by atoms with Crippen LogP contribution in [-0.4, -0.2) is 41.6 Å². The average Bonchev–Trinajstić information content (AvgIpc) is 3.16. The first-order valence-corrected chi connectivity index (χ1v) is 9.83. The lowest BCUT2D eigenvalue weighted by Crippen LogP contribution is -2.30. The maximum absolute atomic E-state index is 13.3. The Morgan fingerprint density at radius 2 is 2.04 bits per heavy atom. The van der Waals surface area contributed by atoms with Gasteiger partial charge in [0, 0.05) is 19.2 Å². The number of halogens is 2. The smallest absolute Gasteiger partial charge is 0.263 e. The van der Waals surface area contributed by atoms with E-state index in [0.29, 0.717) is 35.8 Å². The first kappa shape index (κ1) is 22.1. The van der Waals surface area contributed by atoms with Crippen LogP contribution in [0.1, 0.15) is 40.5 Å². The van der Waals surface area contributed by atoms with E-state index in [1.54, 1.807) is 6.92 Å². The molecule has 0 radical (unpaired) electrons. The summed E-state index contributed by atoms with van der Waals surface area (Å²) < 4.78 is 18.5. The van der Waals surface area contributed by atoms with Gasteiger partial charge < -0.3 is 20.5 Å². The fourth-order valence-corrected chi connectivity index (χ4v) is 3.01. The van der Waals surface area contributed by atoms with Crippen LogP contribution in [0.25, 0.3) is 0 Å². The van der Waals surface area contributed by atoms with Gasteiger partial charge in [0.1, 0.15) is 27.6 Å². The predicted molar refractivity (Wildman–Crippen MR) is 104 cm³/mol. The molecule has 1 unspecified atom stereocenters. The zero-order valence-electron chi connectivity index (χ0n) is 15.2. The zero-order valence-corrected chi connectivity index (χ0v) is 16.8. The van der Waals surface area contributed by atoms with E-state index >= 15 is 0 Å². The van der Waals surface area contributed by atoms with Gasteiger partial charge in [0.05, 0.1) is 11.2 Å². The minimum Gasteiger partial charge on any atom is -0.484 e. The number of benzene rings is 1. The van der Waals surface area contributed by atoms with Crippen LogP contribution in [0.3, 0.4) is 0 Å². The van der Waals surface area contributed by atoms with E-state index in [4.69, 9.17) is 16.3 Å². The summed E-state index contributed by atoms with van der Waals surface area (Å²) in [6.45, 7) is 2.25. The van der Waals surface area contributed by atoms with Crippen LogP contribution in [0, 0.1) is 5.82 Å². The van der Waals surface area contributed by atoms with Crippen LogP contribution in [-0.2, 0) is 4.79 Å². The molecular weight excluding hydrogens is 409 g/mol. The first-order valence-electron chi connectivity index (χ1n) is 8.63. The number of carbonyl (C=O) groups excluding carboxylic acids is 2. The fourth-order valence-electron chi connectivity index (χ4n) is 2.12. The van der Waals surface area contributed by atoms with E-state index in [1.807, 2.05) is 0 Å². The molecular formula is C18H21ClFN3O4S. The largest absolute Gasteiger partial charge is 0.484 e. The highest BCUT2D eigenvalue weighted by Crippen LogP contribution is 2.20. The minimum absolute atomic E-state index is 0.0115. The highest BCUT2D eigenvalue weighted by molar-refractivity contribution is 7.13. The number of amides is 2. The molecule has 1 atom stereocenters. The Morgan fingerprint density at radius 1 is 1.32 bits per heavy atom. The molecule has 28 heavy (non-hydrogen) atoms. The van der Waals surface area contributed by atoms with Gasteiger partial charge in [0.15, 0.2) is 6.61 Å². The van der Waals surface area contributed by atoms with E-state index in [2.05, 4.69) is 15.6 Å². The predicted octanol–water partition coefficient (Wildman–Crippen LogP) is 2.69. The van der Waals surface area contributed by atoms with Crippen molar-refractivity contribution in [3.8, 4) is 5.75 Å². The van der Waals surface area contributed by atoms with Crippen LogP contribution in [0.4, 0.5) is 4.39 Å². The number of nitrogens with one attached hydrogen (secondary N) is 2. The highest BCUT2D eigenvalue weighted by atomic mass is 35.5. The zero-order chi connectivity index (χ0) is 20.5. The molecule has 1 heterocycles. The Bertz CT molecular complexity index is 816. The van der Waals surface area contributed by atoms with Crippen LogP contribution < -0.4 is 15.4 Å². The number of hydrogen-bond donors (Lipinski definition) is 3. The number of aromatic nitrogens is 1. The molecule has 0 aliphatic carbocycles. The van der Waals surface area contributed by atoms with Gasteiger partial charge in [-0.05, 0) is 31.9 Å². The molecule has 1 aromatic heterocycles. The second-order valence-corrected chi connectivity index (χ2v) is 7.39. The Hall–Kier alpha value is -2.23. The van der Waals surface area contributed by atoms with Gasteiger partial charge in [-0.25, -0.2) is 9.37 Å². The normalized spacial score (nSPS) is 11.7. The Labute approximate surface area is 170 Å². The summed E-state index contributed by atoms with van der Waals surface area (Å²) in [5.41, 5.74) is 0. The topological polar surface area (TPSA) is 101 Å². The second-order valence-electron chi connectivity index (χ2n) is 5.92. The number of hydrogen-bond acceptors (Lipinski definition) is 6. The minimum atomic E-state index is -0.696. The van der Waals surface area contributed by atoms with Crippen molar-refractivity contribution in [2.75, 3.05) is 19.7 Å². The molecule has 2 rings (SSSR count). The van der Waals surface area contributed by atoms with Crippen LogP contribution >= 0.6 is 22.9 Å². The number of thiazole rings is 1. The molecule has 2 amide bonds. The lowest BCUT2D eigenvalue weighted by Gasteiger charge is -2.08. The summed E-state index contributed by atoms with van der Waals surface area (Å²) in [4.78, 5) is 28.1. The second kappa shape index (κ2) is 10.9. The van der Waals surface area contributed by atoms with Crippen molar-refractivity contribution in [3.63, 3.8) is 0 Å². The Balaban J connectivity index is 1.56. The van der Waals surface area contributed by atoms with Gasteiger partial charge in [-0.2, -0.15) is 0 Å². The van der Waals surface area contributed by atoms with E-state index in [9.17, 15) is 19.1 Å². The maximum atomic E-state index is 13.3. The summed E-state index contributed by atoms with van der Waals surface area (Å²) in [6, 6.07) is 3.95. The number of ether oxygens (including phenoxy) is 1. The molecule has 10 heteroatoms. The van der Waals surface area contributed by atoms with Crippen LogP contribution in [0.15, 0.2) is 24.4 Å². The first-order chi connectivity index (χ1) is 13.4. The average molecular weight is 430 g/mol.